The van der Waals surface area contributed by atoms with Crippen LogP contribution in [-0.2, 0) is 24.2 Å². The highest BCUT2D eigenvalue weighted by atomic mass is 16.5. The van der Waals surface area contributed by atoms with Crippen molar-refractivity contribution < 1.29 is 18.7 Å². The molecule has 1 aliphatic heterocycles. The Morgan fingerprint density at radius 3 is 2.60 bits per heavy atom. The lowest BCUT2D eigenvalue weighted by Gasteiger charge is -2.29. The molecule has 0 aliphatic carbocycles. The largest absolute Gasteiger partial charge is 0.493 e. The quantitative estimate of drug-likeness (QED) is 0.496. The Hall–Kier alpha value is -3.47. The predicted octanol–water partition coefficient (Wildman–Crippen LogP) is 4.73. The minimum atomic E-state index is 0.103. The summed E-state index contributed by atoms with van der Waals surface area (Å²) in [7, 11) is 3.27. The van der Waals surface area contributed by atoms with Gasteiger partial charge in [0.05, 0.1) is 26.9 Å². The molecule has 30 heavy (non-hydrogen) atoms. The lowest BCUT2D eigenvalue weighted by atomic mass is 9.97. The summed E-state index contributed by atoms with van der Waals surface area (Å²) < 4.78 is 16.6. The summed E-state index contributed by atoms with van der Waals surface area (Å²) in [6.07, 6.45) is 2.85. The number of benzene rings is 3. The van der Waals surface area contributed by atoms with Crippen LogP contribution >= 0.6 is 0 Å². The van der Waals surface area contributed by atoms with Gasteiger partial charge in [-0.05, 0) is 46.5 Å². The van der Waals surface area contributed by atoms with Gasteiger partial charge in [0.1, 0.15) is 5.58 Å². The number of hydrogen-bond donors (Lipinski definition) is 0. The number of amides is 1. The number of carbonyl (C=O) groups is 1. The molecule has 152 valence electrons. The highest BCUT2D eigenvalue weighted by molar-refractivity contribution is 6.08. The Morgan fingerprint density at radius 2 is 1.80 bits per heavy atom. The first-order valence-corrected chi connectivity index (χ1v) is 10.1. The molecule has 0 saturated heterocycles. The number of ether oxygens (including phenoxy) is 2. The van der Waals surface area contributed by atoms with Crippen molar-refractivity contribution in [3.05, 3.63) is 71.5 Å². The van der Waals surface area contributed by atoms with Gasteiger partial charge < -0.3 is 18.8 Å². The van der Waals surface area contributed by atoms with Crippen LogP contribution in [0, 0.1) is 0 Å². The minimum Gasteiger partial charge on any atom is -0.493 e. The second-order valence-corrected chi connectivity index (χ2v) is 7.64. The van der Waals surface area contributed by atoms with Crippen LogP contribution in [-0.4, -0.2) is 31.6 Å². The zero-order valence-electron chi connectivity index (χ0n) is 17.1. The molecule has 5 nitrogen and oxygen atoms in total. The van der Waals surface area contributed by atoms with Gasteiger partial charge in [-0.3, -0.25) is 4.79 Å². The third-order valence-corrected chi connectivity index (χ3v) is 5.95. The average Bonchev–Trinajstić information content (AvgIpc) is 3.20. The first-order chi connectivity index (χ1) is 14.7. The SMILES string of the molecule is COc1cc2c(cc1OC)CN(C(=O)Cc1coc3ccc4ccccc4c13)CC2. The summed E-state index contributed by atoms with van der Waals surface area (Å²) >= 11 is 0. The van der Waals surface area contributed by atoms with Crippen molar-refractivity contribution in [3.63, 3.8) is 0 Å². The summed E-state index contributed by atoms with van der Waals surface area (Å²) in [5.41, 5.74) is 4.06. The second-order valence-electron chi connectivity index (χ2n) is 7.64. The number of fused-ring (bicyclic) bond motifs is 4. The third kappa shape index (κ3) is 3.07. The summed E-state index contributed by atoms with van der Waals surface area (Å²) in [6, 6.07) is 16.2. The van der Waals surface area contributed by atoms with E-state index < -0.39 is 0 Å². The monoisotopic (exact) mass is 401 g/mol. The lowest BCUT2D eigenvalue weighted by Crippen LogP contribution is -2.36. The van der Waals surface area contributed by atoms with Gasteiger partial charge in [0, 0.05) is 24.0 Å². The number of carbonyl (C=O) groups excluding carboxylic acids is 1. The van der Waals surface area contributed by atoms with E-state index in [4.69, 9.17) is 13.9 Å². The van der Waals surface area contributed by atoms with Crippen molar-refractivity contribution in [2.24, 2.45) is 0 Å². The number of furan rings is 1. The molecule has 0 fully saturated rings. The number of nitrogens with zero attached hydrogens (tertiary/aromatic N) is 1. The van der Waals surface area contributed by atoms with Crippen molar-refractivity contribution in [2.45, 2.75) is 19.4 Å². The van der Waals surface area contributed by atoms with Gasteiger partial charge in [0.2, 0.25) is 5.91 Å². The Kier molecular flexibility index (Phi) is 4.58. The molecule has 0 radical (unpaired) electrons. The molecule has 2 heterocycles. The van der Waals surface area contributed by atoms with Gasteiger partial charge in [0.25, 0.3) is 0 Å². The summed E-state index contributed by atoms with van der Waals surface area (Å²) in [4.78, 5) is 15.1. The van der Waals surface area contributed by atoms with E-state index in [1.54, 1.807) is 20.5 Å². The van der Waals surface area contributed by atoms with Crippen LogP contribution in [0.3, 0.4) is 0 Å². The van der Waals surface area contributed by atoms with E-state index in [1.807, 2.05) is 35.2 Å². The molecule has 1 aliphatic rings. The summed E-state index contributed by atoms with van der Waals surface area (Å²) in [6.45, 7) is 1.27. The smallest absolute Gasteiger partial charge is 0.227 e. The maximum Gasteiger partial charge on any atom is 0.227 e. The van der Waals surface area contributed by atoms with Crippen LogP contribution in [0.15, 0.2) is 59.2 Å². The van der Waals surface area contributed by atoms with Gasteiger partial charge in [-0.1, -0.05) is 30.3 Å². The lowest BCUT2D eigenvalue weighted by molar-refractivity contribution is -0.131. The number of rotatable bonds is 4. The molecule has 0 N–H and O–H groups in total. The minimum absolute atomic E-state index is 0.103. The molecule has 1 amide bonds. The molecule has 5 rings (SSSR count). The van der Waals surface area contributed by atoms with Crippen molar-refractivity contribution >= 4 is 27.6 Å². The normalized spacial score (nSPS) is 13.5. The van der Waals surface area contributed by atoms with E-state index >= 15 is 0 Å². The summed E-state index contributed by atoms with van der Waals surface area (Å²) in [5.74, 6) is 1.52. The maximum atomic E-state index is 13.2. The Morgan fingerprint density at radius 1 is 1.03 bits per heavy atom. The molecule has 0 unspecified atom stereocenters. The van der Waals surface area contributed by atoms with E-state index in [9.17, 15) is 4.79 Å². The molecule has 0 saturated carbocycles. The molecule has 1 aromatic heterocycles. The Labute approximate surface area is 174 Å². The first kappa shape index (κ1) is 18.6. The standard InChI is InChI=1S/C25H23NO4/c1-28-22-11-17-9-10-26(14-18(17)12-23(22)29-2)24(27)13-19-15-30-21-8-7-16-5-3-4-6-20(16)25(19)21/h3-8,11-12,15H,9-10,13-14H2,1-2H3. The van der Waals surface area contributed by atoms with Gasteiger partial charge in [0.15, 0.2) is 11.5 Å². The second kappa shape index (κ2) is 7.41. The van der Waals surface area contributed by atoms with Crippen LogP contribution in [0.1, 0.15) is 16.7 Å². The Bertz CT molecular complexity index is 1260. The fourth-order valence-electron chi connectivity index (χ4n) is 4.38. The van der Waals surface area contributed by atoms with Gasteiger partial charge in [-0.2, -0.15) is 0 Å². The molecule has 0 atom stereocenters. The highest BCUT2D eigenvalue weighted by Crippen LogP contribution is 2.34. The van der Waals surface area contributed by atoms with Crippen molar-refractivity contribution in [1.29, 1.82) is 0 Å². The molecular weight excluding hydrogens is 378 g/mol. The highest BCUT2D eigenvalue weighted by Gasteiger charge is 2.24. The molecule has 4 aromatic rings. The van der Waals surface area contributed by atoms with Crippen LogP contribution in [0.25, 0.3) is 21.7 Å². The van der Waals surface area contributed by atoms with Crippen LogP contribution < -0.4 is 9.47 Å². The Balaban J connectivity index is 1.42. The fourth-order valence-corrected chi connectivity index (χ4v) is 4.38. The molecular formula is C25H23NO4. The van der Waals surface area contributed by atoms with Gasteiger partial charge in [-0.25, -0.2) is 0 Å². The van der Waals surface area contributed by atoms with E-state index in [0.29, 0.717) is 25.3 Å². The molecule has 0 spiro atoms. The summed E-state index contributed by atoms with van der Waals surface area (Å²) in [5, 5.41) is 3.30. The number of methoxy groups -OCH3 is 2. The van der Waals surface area contributed by atoms with E-state index in [0.717, 1.165) is 45.0 Å². The van der Waals surface area contributed by atoms with E-state index in [2.05, 4.69) is 18.2 Å². The fraction of sp³-hybridized carbons (Fsp3) is 0.240. The zero-order valence-corrected chi connectivity index (χ0v) is 17.1. The van der Waals surface area contributed by atoms with Gasteiger partial charge in [-0.15, -0.1) is 0 Å². The van der Waals surface area contributed by atoms with Crippen molar-refractivity contribution in [2.75, 3.05) is 20.8 Å². The van der Waals surface area contributed by atoms with E-state index in [-0.39, 0.29) is 5.91 Å². The maximum absolute atomic E-state index is 13.2. The van der Waals surface area contributed by atoms with Crippen molar-refractivity contribution in [1.82, 2.24) is 4.90 Å². The first-order valence-electron chi connectivity index (χ1n) is 10.1. The zero-order chi connectivity index (χ0) is 20.7. The van der Waals surface area contributed by atoms with Gasteiger partial charge >= 0.3 is 0 Å². The van der Waals surface area contributed by atoms with Crippen LogP contribution in [0.5, 0.6) is 11.5 Å². The van der Waals surface area contributed by atoms with Crippen LogP contribution in [0.2, 0.25) is 0 Å². The molecule has 0 bridgehead atoms. The van der Waals surface area contributed by atoms with Crippen LogP contribution in [0.4, 0.5) is 0 Å². The predicted molar refractivity (Wildman–Crippen MR) is 116 cm³/mol. The average molecular weight is 401 g/mol. The van der Waals surface area contributed by atoms with Crippen molar-refractivity contribution in [3.8, 4) is 11.5 Å². The molecule has 3 aromatic carbocycles. The topological polar surface area (TPSA) is 51.9 Å². The number of hydrogen-bond acceptors (Lipinski definition) is 4. The molecule has 5 heteroatoms. The third-order valence-electron chi connectivity index (χ3n) is 5.95. The van der Waals surface area contributed by atoms with E-state index in [1.165, 1.54) is 5.56 Å².